The molecule has 2 amide bonds. The van der Waals surface area contributed by atoms with E-state index in [0.29, 0.717) is 10.0 Å². The van der Waals surface area contributed by atoms with E-state index in [1.807, 2.05) is 0 Å². The Hall–Kier alpha value is -1.30. The zero-order valence-corrected chi connectivity index (χ0v) is 11.1. The molecular weight excluding hydrogens is 281 g/mol. The number of anilines is 1. The van der Waals surface area contributed by atoms with Gasteiger partial charge >= 0.3 is 12.0 Å². The van der Waals surface area contributed by atoms with Crippen LogP contribution in [-0.4, -0.2) is 24.9 Å². The smallest absolute Gasteiger partial charge is 0.407 e. The van der Waals surface area contributed by atoms with Crippen LogP contribution in [0.25, 0.3) is 0 Å². The molecule has 1 atom stereocenters. The van der Waals surface area contributed by atoms with E-state index in [9.17, 15) is 9.59 Å². The fraction of sp³-hybridized carbons (Fsp3) is 0.273. The van der Waals surface area contributed by atoms with E-state index >= 15 is 0 Å². The molecule has 1 fully saturated rings. The SMILES string of the molecule is COC1(C)OC(=O)N(c2cc(Cl)cc(Cl)c2)C1=O. The van der Waals surface area contributed by atoms with Crippen molar-refractivity contribution in [2.24, 2.45) is 0 Å². The first-order chi connectivity index (χ1) is 8.37. The summed E-state index contributed by atoms with van der Waals surface area (Å²) in [6.45, 7) is 1.36. The van der Waals surface area contributed by atoms with Crippen LogP contribution in [0.4, 0.5) is 10.5 Å². The number of ether oxygens (including phenoxy) is 2. The first-order valence-electron chi connectivity index (χ1n) is 4.96. The topological polar surface area (TPSA) is 55.8 Å². The van der Waals surface area contributed by atoms with Gasteiger partial charge in [0.2, 0.25) is 0 Å². The van der Waals surface area contributed by atoms with Crippen LogP contribution in [0.3, 0.4) is 0 Å². The first-order valence-corrected chi connectivity index (χ1v) is 5.72. The van der Waals surface area contributed by atoms with Crippen molar-refractivity contribution in [2.75, 3.05) is 12.0 Å². The summed E-state index contributed by atoms with van der Waals surface area (Å²) in [7, 11) is 1.28. The quantitative estimate of drug-likeness (QED) is 0.840. The molecule has 1 aliphatic rings. The number of cyclic esters (lactones) is 1. The van der Waals surface area contributed by atoms with Crippen molar-refractivity contribution < 1.29 is 19.1 Å². The summed E-state index contributed by atoms with van der Waals surface area (Å²) >= 11 is 11.6. The van der Waals surface area contributed by atoms with E-state index in [1.165, 1.54) is 32.2 Å². The predicted molar refractivity (Wildman–Crippen MR) is 65.8 cm³/mol. The predicted octanol–water partition coefficient (Wildman–Crippen LogP) is 2.84. The highest BCUT2D eigenvalue weighted by molar-refractivity contribution is 6.35. The van der Waals surface area contributed by atoms with Crippen LogP contribution in [0.1, 0.15) is 6.92 Å². The van der Waals surface area contributed by atoms with E-state index in [0.717, 1.165) is 4.90 Å². The Kier molecular flexibility index (Phi) is 3.23. The van der Waals surface area contributed by atoms with Gasteiger partial charge in [-0.3, -0.25) is 4.79 Å². The van der Waals surface area contributed by atoms with Crippen LogP contribution in [0.5, 0.6) is 0 Å². The number of hydrogen-bond acceptors (Lipinski definition) is 4. The fourth-order valence-corrected chi connectivity index (χ4v) is 2.08. The van der Waals surface area contributed by atoms with Crippen molar-refractivity contribution in [1.29, 1.82) is 0 Å². The normalized spacial score (nSPS) is 23.4. The maximum Gasteiger partial charge on any atom is 0.424 e. The zero-order chi connectivity index (χ0) is 13.5. The number of nitrogens with zero attached hydrogens (tertiary/aromatic N) is 1. The van der Waals surface area contributed by atoms with Crippen molar-refractivity contribution in [3.05, 3.63) is 28.2 Å². The number of carbonyl (C=O) groups excluding carboxylic acids is 2. The van der Waals surface area contributed by atoms with Crippen LogP contribution in [0.15, 0.2) is 18.2 Å². The molecule has 1 unspecified atom stereocenters. The molecule has 0 radical (unpaired) electrons. The van der Waals surface area contributed by atoms with E-state index in [1.54, 1.807) is 0 Å². The highest BCUT2D eigenvalue weighted by atomic mass is 35.5. The molecule has 7 heteroatoms. The highest BCUT2D eigenvalue weighted by Crippen LogP contribution is 2.32. The van der Waals surface area contributed by atoms with E-state index < -0.39 is 17.8 Å². The van der Waals surface area contributed by atoms with Crippen LogP contribution >= 0.6 is 23.2 Å². The van der Waals surface area contributed by atoms with Gasteiger partial charge < -0.3 is 9.47 Å². The molecule has 1 aromatic rings. The van der Waals surface area contributed by atoms with Crippen molar-refractivity contribution in [3.63, 3.8) is 0 Å². The number of carbonyl (C=O) groups is 2. The molecule has 1 heterocycles. The van der Waals surface area contributed by atoms with Gasteiger partial charge in [-0.2, -0.15) is 0 Å². The zero-order valence-electron chi connectivity index (χ0n) is 9.57. The first kappa shape index (κ1) is 13.1. The molecule has 1 saturated heterocycles. The number of hydrogen-bond donors (Lipinski definition) is 0. The fourth-order valence-electron chi connectivity index (χ4n) is 1.56. The maximum absolute atomic E-state index is 12.1. The third-order valence-corrected chi connectivity index (χ3v) is 2.99. The molecule has 2 rings (SSSR count). The largest absolute Gasteiger partial charge is 0.424 e. The lowest BCUT2D eigenvalue weighted by atomic mass is 10.2. The van der Waals surface area contributed by atoms with Crippen LogP contribution < -0.4 is 4.90 Å². The molecule has 0 aliphatic carbocycles. The summed E-state index contributed by atoms with van der Waals surface area (Å²) in [6.07, 6.45) is -0.831. The van der Waals surface area contributed by atoms with Gasteiger partial charge in [0.25, 0.3) is 5.79 Å². The van der Waals surface area contributed by atoms with Gasteiger partial charge in [-0.1, -0.05) is 23.2 Å². The van der Waals surface area contributed by atoms with Crippen LogP contribution in [0, 0.1) is 0 Å². The lowest BCUT2D eigenvalue weighted by Gasteiger charge is -2.17. The average Bonchev–Trinajstić information content (AvgIpc) is 2.49. The van der Waals surface area contributed by atoms with Crippen LogP contribution in [0.2, 0.25) is 10.0 Å². The molecule has 5 nitrogen and oxygen atoms in total. The monoisotopic (exact) mass is 289 g/mol. The molecule has 18 heavy (non-hydrogen) atoms. The molecule has 96 valence electrons. The van der Waals surface area contributed by atoms with Crippen molar-refractivity contribution in [3.8, 4) is 0 Å². The van der Waals surface area contributed by atoms with Crippen LogP contribution in [-0.2, 0) is 14.3 Å². The Morgan fingerprint density at radius 3 is 2.22 bits per heavy atom. The summed E-state index contributed by atoms with van der Waals surface area (Å²) in [6, 6.07) is 4.37. The van der Waals surface area contributed by atoms with Gasteiger partial charge in [0, 0.05) is 24.1 Å². The number of benzene rings is 1. The Morgan fingerprint density at radius 2 is 1.78 bits per heavy atom. The van der Waals surface area contributed by atoms with Gasteiger partial charge in [0.05, 0.1) is 5.69 Å². The van der Waals surface area contributed by atoms with Gasteiger partial charge in [-0.05, 0) is 18.2 Å². The third-order valence-electron chi connectivity index (χ3n) is 2.55. The minimum atomic E-state index is -1.62. The standard InChI is InChI=1S/C11H9Cl2NO4/c1-11(17-2)9(15)14(10(16)18-11)8-4-6(12)3-7(13)5-8/h3-5H,1-2H3. The molecule has 0 saturated carbocycles. The second-order valence-electron chi connectivity index (χ2n) is 3.79. The Bertz CT molecular complexity index is 514. The lowest BCUT2D eigenvalue weighted by Crippen LogP contribution is -2.40. The second-order valence-corrected chi connectivity index (χ2v) is 4.66. The Balaban J connectivity index is 2.45. The summed E-state index contributed by atoms with van der Waals surface area (Å²) in [5.41, 5.74) is 0.239. The van der Waals surface area contributed by atoms with E-state index in [-0.39, 0.29) is 5.69 Å². The van der Waals surface area contributed by atoms with E-state index in [2.05, 4.69) is 0 Å². The van der Waals surface area contributed by atoms with Crippen molar-refractivity contribution in [2.45, 2.75) is 12.7 Å². The average molecular weight is 290 g/mol. The highest BCUT2D eigenvalue weighted by Gasteiger charge is 2.52. The minimum absolute atomic E-state index is 0.239. The second kappa shape index (κ2) is 4.42. The van der Waals surface area contributed by atoms with Crippen molar-refractivity contribution in [1.82, 2.24) is 0 Å². The van der Waals surface area contributed by atoms with Gasteiger partial charge in [0.15, 0.2) is 0 Å². The summed E-state index contributed by atoms with van der Waals surface area (Å²) < 4.78 is 9.78. The Morgan fingerprint density at radius 1 is 1.22 bits per heavy atom. The molecule has 0 spiro atoms. The number of imide groups is 1. The lowest BCUT2D eigenvalue weighted by molar-refractivity contribution is -0.172. The van der Waals surface area contributed by atoms with E-state index in [4.69, 9.17) is 32.7 Å². The Labute approximate surface area is 113 Å². The molecule has 1 aromatic carbocycles. The molecular formula is C11H9Cl2NO4. The molecule has 0 N–H and O–H groups in total. The van der Waals surface area contributed by atoms with Crippen molar-refractivity contribution >= 4 is 40.9 Å². The number of methoxy groups -OCH3 is 1. The molecule has 0 aromatic heterocycles. The molecule has 0 bridgehead atoms. The maximum atomic E-state index is 12.1. The number of amides is 2. The number of rotatable bonds is 2. The minimum Gasteiger partial charge on any atom is -0.407 e. The molecule has 1 aliphatic heterocycles. The summed E-state index contributed by atoms with van der Waals surface area (Å²) in [4.78, 5) is 24.6. The van der Waals surface area contributed by atoms with Gasteiger partial charge in [0.1, 0.15) is 0 Å². The third kappa shape index (κ3) is 2.05. The number of halogens is 2. The van der Waals surface area contributed by atoms with Gasteiger partial charge in [-0.25, -0.2) is 9.69 Å². The summed E-state index contributed by atoms with van der Waals surface area (Å²) in [5, 5.41) is 0.619. The van der Waals surface area contributed by atoms with Gasteiger partial charge in [-0.15, -0.1) is 0 Å². The summed E-state index contributed by atoms with van der Waals surface area (Å²) in [5.74, 6) is -2.25.